The van der Waals surface area contributed by atoms with Gasteiger partial charge in [0.05, 0.1) is 13.0 Å². The minimum Gasteiger partial charge on any atom is -0.373 e. The molecule has 108 valence electrons. The van der Waals surface area contributed by atoms with Crippen molar-refractivity contribution < 1.29 is 9.59 Å². The standard InChI is InChI=1S/C15H16N4O2/c1-18-14(20)9-13(15(18)21)17-12-5-3-11(4-6-12)10-19-8-2-7-16-19/h2-8,13,17H,9-10H2,1H3. The van der Waals surface area contributed by atoms with Gasteiger partial charge in [-0.2, -0.15) is 5.10 Å². The number of likely N-dealkylation sites (tertiary alicyclic amines) is 1. The van der Waals surface area contributed by atoms with Crippen molar-refractivity contribution >= 4 is 17.5 Å². The summed E-state index contributed by atoms with van der Waals surface area (Å²) in [5, 5.41) is 7.26. The average Bonchev–Trinajstić information content (AvgIpc) is 3.07. The zero-order valence-corrected chi connectivity index (χ0v) is 11.7. The maximum Gasteiger partial charge on any atom is 0.251 e. The molecule has 21 heavy (non-hydrogen) atoms. The van der Waals surface area contributed by atoms with E-state index < -0.39 is 6.04 Å². The molecule has 6 nitrogen and oxygen atoms in total. The van der Waals surface area contributed by atoms with Gasteiger partial charge in [-0.25, -0.2) is 0 Å². The largest absolute Gasteiger partial charge is 0.373 e. The molecule has 1 aliphatic rings. The van der Waals surface area contributed by atoms with Crippen molar-refractivity contribution in [2.45, 2.75) is 19.0 Å². The quantitative estimate of drug-likeness (QED) is 0.854. The SMILES string of the molecule is CN1C(=O)CC(Nc2ccc(Cn3cccn3)cc2)C1=O. The summed E-state index contributed by atoms with van der Waals surface area (Å²) in [6, 6.07) is 9.21. The maximum absolute atomic E-state index is 11.8. The van der Waals surface area contributed by atoms with Gasteiger partial charge in [0, 0.05) is 25.1 Å². The van der Waals surface area contributed by atoms with Gasteiger partial charge in [-0.1, -0.05) is 12.1 Å². The molecule has 1 N–H and O–H groups in total. The number of imide groups is 1. The van der Waals surface area contributed by atoms with Crippen LogP contribution >= 0.6 is 0 Å². The molecule has 2 heterocycles. The lowest BCUT2D eigenvalue weighted by Gasteiger charge is -2.12. The van der Waals surface area contributed by atoms with E-state index in [0.29, 0.717) is 6.54 Å². The van der Waals surface area contributed by atoms with Crippen molar-refractivity contribution in [3.05, 3.63) is 48.3 Å². The van der Waals surface area contributed by atoms with Gasteiger partial charge in [0.25, 0.3) is 5.91 Å². The van der Waals surface area contributed by atoms with Crippen molar-refractivity contribution in [1.29, 1.82) is 0 Å². The van der Waals surface area contributed by atoms with E-state index in [4.69, 9.17) is 0 Å². The number of nitrogens with zero attached hydrogens (tertiary/aromatic N) is 3. The predicted octanol–water partition coefficient (Wildman–Crippen LogP) is 1.10. The smallest absolute Gasteiger partial charge is 0.251 e. The molecule has 1 aromatic heterocycles. The van der Waals surface area contributed by atoms with E-state index in [0.717, 1.165) is 11.3 Å². The van der Waals surface area contributed by atoms with Gasteiger partial charge < -0.3 is 5.32 Å². The molecule has 1 aliphatic heterocycles. The Morgan fingerprint density at radius 2 is 2.05 bits per heavy atom. The van der Waals surface area contributed by atoms with Crippen LogP contribution in [-0.2, 0) is 16.1 Å². The van der Waals surface area contributed by atoms with E-state index in [1.165, 1.54) is 11.9 Å². The summed E-state index contributed by atoms with van der Waals surface area (Å²) >= 11 is 0. The molecule has 3 rings (SSSR count). The highest BCUT2D eigenvalue weighted by molar-refractivity contribution is 6.06. The van der Waals surface area contributed by atoms with E-state index in [1.54, 1.807) is 6.20 Å². The molecule has 0 saturated carbocycles. The summed E-state index contributed by atoms with van der Waals surface area (Å²) in [5.41, 5.74) is 1.95. The Morgan fingerprint density at radius 3 is 2.62 bits per heavy atom. The number of nitrogens with one attached hydrogen (secondary N) is 1. The Bertz CT molecular complexity index is 649. The van der Waals surface area contributed by atoms with Crippen LogP contribution in [0.15, 0.2) is 42.7 Å². The summed E-state index contributed by atoms with van der Waals surface area (Å²) in [6.45, 7) is 0.705. The number of anilines is 1. The van der Waals surface area contributed by atoms with Gasteiger partial charge in [-0.05, 0) is 23.8 Å². The van der Waals surface area contributed by atoms with E-state index in [9.17, 15) is 9.59 Å². The highest BCUT2D eigenvalue weighted by Gasteiger charge is 2.35. The lowest BCUT2D eigenvalue weighted by molar-refractivity contribution is -0.136. The van der Waals surface area contributed by atoms with Gasteiger partial charge >= 0.3 is 0 Å². The minimum atomic E-state index is -0.459. The van der Waals surface area contributed by atoms with E-state index >= 15 is 0 Å². The Kier molecular flexibility index (Phi) is 3.43. The fourth-order valence-corrected chi connectivity index (χ4v) is 2.36. The number of carbonyl (C=O) groups excluding carboxylic acids is 2. The second kappa shape index (κ2) is 5.40. The number of benzene rings is 1. The molecule has 0 radical (unpaired) electrons. The average molecular weight is 284 g/mol. The molecule has 1 atom stereocenters. The number of hydrogen-bond donors (Lipinski definition) is 1. The van der Waals surface area contributed by atoms with Crippen LogP contribution in [-0.4, -0.2) is 39.6 Å². The van der Waals surface area contributed by atoms with E-state index in [2.05, 4.69) is 10.4 Å². The first-order valence-electron chi connectivity index (χ1n) is 6.77. The Morgan fingerprint density at radius 1 is 1.29 bits per heavy atom. The van der Waals surface area contributed by atoms with Crippen LogP contribution in [0.5, 0.6) is 0 Å². The first kappa shape index (κ1) is 13.4. The Labute approximate surface area is 122 Å². The number of aromatic nitrogens is 2. The van der Waals surface area contributed by atoms with Crippen LogP contribution in [0.1, 0.15) is 12.0 Å². The number of hydrogen-bond acceptors (Lipinski definition) is 4. The highest BCUT2D eigenvalue weighted by Crippen LogP contribution is 2.18. The minimum absolute atomic E-state index is 0.146. The lowest BCUT2D eigenvalue weighted by atomic mass is 10.2. The number of amides is 2. The molecule has 2 aromatic rings. The van der Waals surface area contributed by atoms with Gasteiger partial charge in [-0.3, -0.25) is 19.2 Å². The summed E-state index contributed by atoms with van der Waals surface area (Å²) in [6.07, 6.45) is 3.87. The van der Waals surface area contributed by atoms with Crippen LogP contribution in [0.2, 0.25) is 0 Å². The summed E-state index contributed by atoms with van der Waals surface area (Å²) < 4.78 is 1.84. The van der Waals surface area contributed by atoms with Gasteiger partial charge in [-0.15, -0.1) is 0 Å². The number of carbonyl (C=O) groups is 2. The predicted molar refractivity (Wildman–Crippen MR) is 77.6 cm³/mol. The maximum atomic E-state index is 11.8. The van der Waals surface area contributed by atoms with Crippen molar-refractivity contribution in [3.63, 3.8) is 0 Å². The summed E-state index contributed by atoms with van der Waals surface area (Å²) in [5.74, 6) is -0.326. The Balaban J connectivity index is 1.65. The molecule has 0 aliphatic carbocycles. The second-order valence-electron chi connectivity index (χ2n) is 5.09. The van der Waals surface area contributed by atoms with Crippen molar-refractivity contribution in [3.8, 4) is 0 Å². The van der Waals surface area contributed by atoms with Crippen molar-refractivity contribution in [2.75, 3.05) is 12.4 Å². The molecular weight excluding hydrogens is 268 g/mol. The van der Waals surface area contributed by atoms with Crippen molar-refractivity contribution in [2.24, 2.45) is 0 Å². The number of likely N-dealkylation sites (N-methyl/N-ethyl adjacent to an activating group) is 1. The first-order valence-corrected chi connectivity index (χ1v) is 6.77. The van der Waals surface area contributed by atoms with Crippen molar-refractivity contribution in [1.82, 2.24) is 14.7 Å². The molecule has 1 saturated heterocycles. The molecule has 0 bridgehead atoms. The van der Waals surface area contributed by atoms with Gasteiger partial charge in [0.15, 0.2) is 0 Å². The molecule has 0 spiro atoms. The molecule has 1 unspecified atom stereocenters. The van der Waals surface area contributed by atoms with Crippen LogP contribution in [0.25, 0.3) is 0 Å². The normalized spacial score (nSPS) is 18.3. The third kappa shape index (κ3) is 2.79. The molecule has 6 heteroatoms. The topological polar surface area (TPSA) is 67.2 Å². The lowest BCUT2D eigenvalue weighted by Crippen LogP contribution is -2.31. The molecule has 2 amide bonds. The fourth-order valence-electron chi connectivity index (χ4n) is 2.36. The van der Waals surface area contributed by atoms with E-state index in [1.807, 2.05) is 41.2 Å². The Hall–Kier alpha value is -2.63. The zero-order valence-electron chi connectivity index (χ0n) is 11.7. The van der Waals surface area contributed by atoms with Crippen LogP contribution in [0.4, 0.5) is 5.69 Å². The third-order valence-corrected chi connectivity index (χ3v) is 3.58. The summed E-state index contributed by atoms with van der Waals surface area (Å²) in [4.78, 5) is 24.5. The molecular formula is C15H16N4O2. The third-order valence-electron chi connectivity index (χ3n) is 3.58. The van der Waals surface area contributed by atoms with Crippen LogP contribution in [0, 0.1) is 0 Å². The van der Waals surface area contributed by atoms with Crippen LogP contribution < -0.4 is 5.32 Å². The van der Waals surface area contributed by atoms with Crippen LogP contribution in [0.3, 0.4) is 0 Å². The fraction of sp³-hybridized carbons (Fsp3) is 0.267. The number of rotatable bonds is 4. The monoisotopic (exact) mass is 284 g/mol. The first-order chi connectivity index (χ1) is 10.1. The van der Waals surface area contributed by atoms with E-state index in [-0.39, 0.29) is 18.2 Å². The summed E-state index contributed by atoms with van der Waals surface area (Å²) in [7, 11) is 1.51. The zero-order chi connectivity index (χ0) is 14.8. The molecule has 1 aromatic carbocycles. The van der Waals surface area contributed by atoms with Gasteiger partial charge in [0.1, 0.15) is 6.04 Å². The second-order valence-corrected chi connectivity index (χ2v) is 5.09. The van der Waals surface area contributed by atoms with Gasteiger partial charge in [0.2, 0.25) is 5.91 Å². The highest BCUT2D eigenvalue weighted by atomic mass is 16.2. The molecule has 1 fully saturated rings.